The summed E-state index contributed by atoms with van der Waals surface area (Å²) in [6.45, 7) is 5.26. The van der Waals surface area contributed by atoms with Crippen LogP contribution >= 0.6 is 0 Å². The summed E-state index contributed by atoms with van der Waals surface area (Å²) in [7, 11) is -3.34. The van der Waals surface area contributed by atoms with E-state index in [9.17, 15) is 18.0 Å². The van der Waals surface area contributed by atoms with Crippen molar-refractivity contribution in [1.29, 1.82) is 0 Å². The molecule has 1 heterocycles. The largest absolute Gasteiger partial charge is 0.356 e. The van der Waals surface area contributed by atoms with Crippen molar-refractivity contribution in [2.45, 2.75) is 33.1 Å². The van der Waals surface area contributed by atoms with Crippen molar-refractivity contribution in [3.63, 3.8) is 0 Å². The molecule has 0 bridgehead atoms. The van der Waals surface area contributed by atoms with Crippen LogP contribution in [0.25, 0.3) is 0 Å². The molecule has 1 saturated heterocycles. The molecule has 1 fully saturated rings. The number of rotatable bonds is 7. The summed E-state index contributed by atoms with van der Waals surface area (Å²) in [6, 6.07) is 6.25. The van der Waals surface area contributed by atoms with Gasteiger partial charge < -0.3 is 15.5 Å². The second kappa shape index (κ2) is 9.59. The van der Waals surface area contributed by atoms with Crippen LogP contribution < -0.4 is 15.4 Å². The molecule has 0 spiro atoms. The van der Waals surface area contributed by atoms with E-state index in [1.165, 1.54) is 0 Å². The topological polar surface area (TPSA) is 108 Å². The summed E-state index contributed by atoms with van der Waals surface area (Å²) < 4.78 is 26.1. The standard InChI is InChI=1S/C18H28N4O4S/c1-3-12-27(25,26)21-16-9-7-15(8-10-16)20-18(24)22-11-5-6-14(13-22)17(23)19-4-2/h7-10,14,21H,3-6,11-13H2,1-2H3,(H,19,23)(H,20,24). The fourth-order valence-corrected chi connectivity index (χ4v) is 4.15. The molecule has 1 unspecified atom stereocenters. The molecule has 3 N–H and O–H groups in total. The number of carbonyl (C=O) groups excluding carboxylic acids is 2. The average Bonchev–Trinajstić information content (AvgIpc) is 2.63. The van der Waals surface area contributed by atoms with Gasteiger partial charge in [0.2, 0.25) is 15.9 Å². The monoisotopic (exact) mass is 396 g/mol. The van der Waals surface area contributed by atoms with Gasteiger partial charge in [0.05, 0.1) is 11.7 Å². The third-order valence-electron chi connectivity index (χ3n) is 4.31. The maximum Gasteiger partial charge on any atom is 0.321 e. The van der Waals surface area contributed by atoms with Crippen LogP contribution in [0.3, 0.4) is 0 Å². The first-order valence-corrected chi connectivity index (χ1v) is 10.9. The van der Waals surface area contributed by atoms with E-state index < -0.39 is 10.0 Å². The van der Waals surface area contributed by atoms with E-state index in [0.29, 0.717) is 37.4 Å². The first kappa shape index (κ1) is 21.0. The number of piperidine rings is 1. The van der Waals surface area contributed by atoms with Gasteiger partial charge in [-0.15, -0.1) is 0 Å². The molecule has 0 aliphatic carbocycles. The van der Waals surface area contributed by atoms with E-state index in [2.05, 4.69) is 15.4 Å². The number of nitrogens with zero attached hydrogens (tertiary/aromatic N) is 1. The molecule has 27 heavy (non-hydrogen) atoms. The smallest absolute Gasteiger partial charge is 0.321 e. The minimum atomic E-state index is -3.34. The number of nitrogens with one attached hydrogen (secondary N) is 3. The fourth-order valence-electron chi connectivity index (χ4n) is 3.02. The lowest BCUT2D eigenvalue weighted by Crippen LogP contribution is -2.46. The van der Waals surface area contributed by atoms with Gasteiger partial charge in [0.25, 0.3) is 0 Å². The normalized spacial score (nSPS) is 17.3. The molecule has 0 aromatic heterocycles. The lowest BCUT2D eigenvalue weighted by Gasteiger charge is -2.32. The van der Waals surface area contributed by atoms with Crippen molar-refractivity contribution >= 4 is 33.3 Å². The number of urea groups is 1. The van der Waals surface area contributed by atoms with Gasteiger partial charge in [-0.2, -0.15) is 0 Å². The molecule has 3 amide bonds. The van der Waals surface area contributed by atoms with Crippen LogP contribution in [-0.4, -0.2) is 50.6 Å². The van der Waals surface area contributed by atoms with Crippen LogP contribution in [0.5, 0.6) is 0 Å². The van der Waals surface area contributed by atoms with Crippen molar-refractivity contribution in [2.75, 3.05) is 35.4 Å². The summed E-state index contributed by atoms with van der Waals surface area (Å²) in [4.78, 5) is 26.1. The van der Waals surface area contributed by atoms with Crippen LogP contribution in [0.4, 0.5) is 16.2 Å². The SMILES string of the molecule is CCCS(=O)(=O)Nc1ccc(NC(=O)N2CCCC(C(=O)NCC)C2)cc1. The Kier molecular flexibility index (Phi) is 7.46. The average molecular weight is 397 g/mol. The Morgan fingerprint density at radius 2 is 1.81 bits per heavy atom. The van der Waals surface area contributed by atoms with Crippen molar-refractivity contribution in [3.05, 3.63) is 24.3 Å². The van der Waals surface area contributed by atoms with E-state index >= 15 is 0 Å². The van der Waals surface area contributed by atoms with Gasteiger partial charge in [-0.05, 0) is 50.5 Å². The molecular formula is C18H28N4O4S. The van der Waals surface area contributed by atoms with Gasteiger partial charge in [-0.3, -0.25) is 9.52 Å². The molecule has 1 aromatic carbocycles. The van der Waals surface area contributed by atoms with Crippen LogP contribution in [-0.2, 0) is 14.8 Å². The minimum Gasteiger partial charge on any atom is -0.356 e. The van der Waals surface area contributed by atoms with Gasteiger partial charge in [0.1, 0.15) is 0 Å². The third-order valence-corrected chi connectivity index (χ3v) is 5.81. The molecule has 150 valence electrons. The summed E-state index contributed by atoms with van der Waals surface area (Å²) in [5.74, 6) is -0.133. The molecule has 1 atom stereocenters. The number of anilines is 2. The maximum absolute atomic E-state index is 12.5. The molecule has 1 aliphatic heterocycles. The van der Waals surface area contributed by atoms with Crippen LogP contribution in [0.2, 0.25) is 0 Å². The number of benzene rings is 1. The second-order valence-electron chi connectivity index (χ2n) is 6.61. The summed E-state index contributed by atoms with van der Waals surface area (Å²) in [6.07, 6.45) is 2.10. The van der Waals surface area contributed by atoms with Gasteiger partial charge in [-0.25, -0.2) is 13.2 Å². The number of amides is 3. The van der Waals surface area contributed by atoms with E-state index in [0.717, 1.165) is 12.8 Å². The number of hydrogen-bond donors (Lipinski definition) is 3. The van der Waals surface area contributed by atoms with Crippen LogP contribution in [0.1, 0.15) is 33.1 Å². The summed E-state index contributed by atoms with van der Waals surface area (Å²) in [5.41, 5.74) is 1.02. The van der Waals surface area contributed by atoms with Gasteiger partial charge >= 0.3 is 6.03 Å². The molecule has 2 rings (SSSR count). The highest BCUT2D eigenvalue weighted by molar-refractivity contribution is 7.92. The molecule has 0 saturated carbocycles. The highest BCUT2D eigenvalue weighted by Gasteiger charge is 2.28. The summed E-state index contributed by atoms with van der Waals surface area (Å²) >= 11 is 0. The van der Waals surface area contributed by atoms with Crippen LogP contribution in [0, 0.1) is 5.92 Å². The minimum absolute atomic E-state index is 0.0151. The van der Waals surface area contributed by atoms with Crippen LogP contribution in [0.15, 0.2) is 24.3 Å². The van der Waals surface area contributed by atoms with Crippen molar-refractivity contribution in [1.82, 2.24) is 10.2 Å². The fraction of sp³-hybridized carbons (Fsp3) is 0.556. The number of hydrogen-bond acceptors (Lipinski definition) is 4. The Hall–Kier alpha value is -2.29. The quantitative estimate of drug-likeness (QED) is 0.657. The van der Waals surface area contributed by atoms with Gasteiger partial charge in [0, 0.05) is 31.0 Å². The first-order chi connectivity index (χ1) is 12.8. The zero-order valence-electron chi connectivity index (χ0n) is 15.8. The second-order valence-corrected chi connectivity index (χ2v) is 8.45. The zero-order chi connectivity index (χ0) is 19.9. The van der Waals surface area contributed by atoms with Crippen molar-refractivity contribution < 1.29 is 18.0 Å². The van der Waals surface area contributed by atoms with Gasteiger partial charge in [-0.1, -0.05) is 6.92 Å². The van der Waals surface area contributed by atoms with Gasteiger partial charge in [0.15, 0.2) is 0 Å². The number of carbonyl (C=O) groups is 2. The lowest BCUT2D eigenvalue weighted by molar-refractivity contribution is -0.126. The first-order valence-electron chi connectivity index (χ1n) is 9.28. The van der Waals surface area contributed by atoms with E-state index in [4.69, 9.17) is 0 Å². The number of sulfonamides is 1. The van der Waals surface area contributed by atoms with E-state index in [1.54, 1.807) is 36.1 Å². The Bertz CT molecular complexity index is 749. The molecule has 9 heteroatoms. The summed E-state index contributed by atoms with van der Waals surface area (Å²) in [5, 5.41) is 5.60. The predicted octanol–water partition coefficient (Wildman–Crippen LogP) is 2.22. The molecule has 0 radical (unpaired) electrons. The van der Waals surface area contributed by atoms with Crippen molar-refractivity contribution in [3.8, 4) is 0 Å². The molecule has 1 aliphatic rings. The zero-order valence-corrected chi connectivity index (χ0v) is 16.6. The van der Waals surface area contributed by atoms with E-state index in [-0.39, 0.29) is 23.6 Å². The number of likely N-dealkylation sites (tertiary alicyclic amines) is 1. The predicted molar refractivity (Wildman–Crippen MR) is 106 cm³/mol. The molecule has 8 nitrogen and oxygen atoms in total. The molecule has 1 aromatic rings. The molecular weight excluding hydrogens is 368 g/mol. The highest BCUT2D eigenvalue weighted by atomic mass is 32.2. The Labute approximate surface area is 160 Å². The van der Waals surface area contributed by atoms with E-state index in [1.807, 2.05) is 6.92 Å². The Morgan fingerprint density at radius 3 is 2.44 bits per heavy atom. The maximum atomic E-state index is 12.5. The van der Waals surface area contributed by atoms with Crippen molar-refractivity contribution in [2.24, 2.45) is 5.92 Å². The third kappa shape index (κ3) is 6.42. The Balaban J connectivity index is 1.92. The lowest BCUT2D eigenvalue weighted by atomic mass is 9.97. The highest BCUT2D eigenvalue weighted by Crippen LogP contribution is 2.19. The Morgan fingerprint density at radius 1 is 1.15 bits per heavy atom.